The van der Waals surface area contributed by atoms with Gasteiger partial charge in [-0.1, -0.05) is 30.3 Å². The molecule has 1 atom stereocenters. The van der Waals surface area contributed by atoms with E-state index in [1.807, 2.05) is 35.7 Å². The monoisotopic (exact) mass is 276 g/mol. The molecule has 0 unspecified atom stereocenters. The number of rotatable bonds is 5. The number of nitrogens with zero attached hydrogens (tertiary/aromatic N) is 1. The molecule has 0 radical (unpaired) electrons. The average Bonchev–Trinajstić information content (AvgIpc) is 2.83. The molecule has 6 heteroatoms. The minimum atomic E-state index is -0.290. The smallest absolute Gasteiger partial charge is 0.222 e. The molecule has 0 fully saturated rings. The molecule has 19 heavy (non-hydrogen) atoms. The third kappa shape index (κ3) is 4.04. The Balaban J connectivity index is 1.81. The van der Waals surface area contributed by atoms with Gasteiger partial charge in [-0.15, -0.1) is 11.3 Å². The lowest BCUT2D eigenvalue weighted by Gasteiger charge is -2.11. The number of aromatic nitrogens is 1. The third-order valence-corrected chi connectivity index (χ3v) is 3.39. The van der Waals surface area contributed by atoms with Crippen molar-refractivity contribution in [1.82, 2.24) is 10.3 Å². The van der Waals surface area contributed by atoms with Crippen molar-refractivity contribution in [2.45, 2.75) is 19.0 Å². The fourth-order valence-corrected chi connectivity index (χ4v) is 2.25. The molecule has 5 nitrogen and oxygen atoms in total. The van der Waals surface area contributed by atoms with Gasteiger partial charge in [0.2, 0.25) is 5.91 Å². The van der Waals surface area contributed by atoms with Crippen molar-refractivity contribution in [3.05, 3.63) is 47.0 Å². The van der Waals surface area contributed by atoms with Crippen molar-refractivity contribution in [2.75, 3.05) is 5.73 Å². The molecular weight excluding hydrogens is 260 g/mol. The lowest BCUT2D eigenvalue weighted by atomic mass is 10.0. The van der Waals surface area contributed by atoms with E-state index in [0.717, 1.165) is 11.3 Å². The summed E-state index contributed by atoms with van der Waals surface area (Å²) in [7, 11) is 0. The number of hydrogen-bond acceptors (Lipinski definition) is 5. The van der Waals surface area contributed by atoms with Crippen LogP contribution in [0.1, 0.15) is 23.7 Å². The van der Waals surface area contributed by atoms with Gasteiger partial charge in [0.1, 0.15) is 0 Å². The fraction of sp³-hybridized carbons (Fsp3) is 0.231. The number of amides is 1. The zero-order chi connectivity index (χ0) is 13.7. The van der Waals surface area contributed by atoms with Gasteiger partial charge >= 0.3 is 0 Å². The zero-order valence-electron chi connectivity index (χ0n) is 10.4. The van der Waals surface area contributed by atoms with Crippen LogP contribution in [-0.2, 0) is 11.3 Å². The van der Waals surface area contributed by atoms with Crippen molar-refractivity contribution in [1.29, 1.82) is 0 Å². The normalized spacial score (nSPS) is 12.1. The summed E-state index contributed by atoms with van der Waals surface area (Å²) in [5.74, 6) is -0.0945. The second kappa shape index (κ2) is 6.31. The molecule has 0 spiro atoms. The Kier molecular flexibility index (Phi) is 4.48. The van der Waals surface area contributed by atoms with Crippen LogP contribution in [0.25, 0.3) is 0 Å². The van der Waals surface area contributed by atoms with Crippen molar-refractivity contribution in [2.24, 2.45) is 5.73 Å². The van der Waals surface area contributed by atoms with E-state index in [1.54, 1.807) is 0 Å². The van der Waals surface area contributed by atoms with Crippen molar-refractivity contribution >= 4 is 22.4 Å². The van der Waals surface area contributed by atoms with E-state index in [1.165, 1.54) is 11.3 Å². The van der Waals surface area contributed by atoms with Gasteiger partial charge in [-0.3, -0.25) is 4.79 Å². The maximum Gasteiger partial charge on any atom is 0.222 e. The molecule has 1 aromatic carbocycles. The number of carbonyl (C=O) groups excluding carboxylic acids is 1. The van der Waals surface area contributed by atoms with Crippen LogP contribution < -0.4 is 16.8 Å². The first-order chi connectivity index (χ1) is 9.15. The Labute approximate surface area is 115 Å². The molecule has 100 valence electrons. The Bertz CT molecular complexity index is 541. The van der Waals surface area contributed by atoms with Crippen LogP contribution in [0.5, 0.6) is 0 Å². The Morgan fingerprint density at radius 1 is 1.37 bits per heavy atom. The summed E-state index contributed by atoms with van der Waals surface area (Å²) in [6, 6.07) is 9.28. The highest BCUT2D eigenvalue weighted by Gasteiger charge is 2.11. The predicted molar refractivity (Wildman–Crippen MR) is 76.4 cm³/mol. The molecule has 0 bridgehead atoms. The number of carbonyl (C=O) groups is 1. The summed E-state index contributed by atoms with van der Waals surface area (Å²) in [5, 5.41) is 5.11. The van der Waals surface area contributed by atoms with Gasteiger partial charge in [0, 0.05) is 17.8 Å². The SMILES string of the molecule is Nc1nc(CNC(=O)C[C@H](N)c2ccccc2)cs1. The summed E-state index contributed by atoms with van der Waals surface area (Å²) >= 11 is 1.36. The minimum absolute atomic E-state index is 0.0945. The molecule has 1 aromatic heterocycles. The molecule has 0 saturated heterocycles. The first-order valence-corrected chi connectivity index (χ1v) is 6.80. The quantitative estimate of drug-likeness (QED) is 0.770. The number of benzene rings is 1. The Hall–Kier alpha value is -1.92. The largest absolute Gasteiger partial charge is 0.375 e. The van der Waals surface area contributed by atoms with Crippen LogP contribution in [0.15, 0.2) is 35.7 Å². The van der Waals surface area contributed by atoms with Gasteiger partial charge in [0.15, 0.2) is 5.13 Å². The van der Waals surface area contributed by atoms with Crippen LogP contribution >= 0.6 is 11.3 Å². The van der Waals surface area contributed by atoms with E-state index >= 15 is 0 Å². The minimum Gasteiger partial charge on any atom is -0.375 e. The van der Waals surface area contributed by atoms with Crippen LogP contribution in [0.3, 0.4) is 0 Å². The molecule has 0 saturated carbocycles. The van der Waals surface area contributed by atoms with Crippen LogP contribution in [0.2, 0.25) is 0 Å². The van der Waals surface area contributed by atoms with Crippen LogP contribution in [0, 0.1) is 0 Å². The van der Waals surface area contributed by atoms with E-state index in [4.69, 9.17) is 11.5 Å². The molecule has 1 heterocycles. The van der Waals surface area contributed by atoms with Gasteiger partial charge in [-0.25, -0.2) is 4.98 Å². The van der Waals surface area contributed by atoms with Crippen molar-refractivity contribution in [3.63, 3.8) is 0 Å². The number of nitrogen functional groups attached to an aromatic ring is 1. The topological polar surface area (TPSA) is 94.0 Å². The first kappa shape index (κ1) is 13.5. The average molecular weight is 276 g/mol. The molecule has 2 aromatic rings. The molecule has 0 aliphatic heterocycles. The van der Waals surface area contributed by atoms with Gasteiger partial charge in [0.05, 0.1) is 12.2 Å². The molecule has 2 rings (SSSR count). The number of nitrogens with two attached hydrogens (primary N) is 2. The van der Waals surface area contributed by atoms with E-state index < -0.39 is 0 Å². The van der Waals surface area contributed by atoms with Crippen LogP contribution in [0.4, 0.5) is 5.13 Å². The summed E-state index contributed by atoms with van der Waals surface area (Å²) in [6.45, 7) is 0.383. The maximum atomic E-state index is 11.8. The highest BCUT2D eigenvalue weighted by molar-refractivity contribution is 7.13. The maximum absolute atomic E-state index is 11.8. The van der Waals surface area contributed by atoms with E-state index in [-0.39, 0.29) is 18.4 Å². The van der Waals surface area contributed by atoms with Crippen molar-refractivity contribution < 1.29 is 4.79 Å². The lowest BCUT2D eigenvalue weighted by Crippen LogP contribution is -2.27. The Morgan fingerprint density at radius 2 is 2.11 bits per heavy atom. The Morgan fingerprint density at radius 3 is 2.74 bits per heavy atom. The number of hydrogen-bond donors (Lipinski definition) is 3. The van der Waals surface area contributed by atoms with Crippen molar-refractivity contribution in [3.8, 4) is 0 Å². The second-order valence-electron chi connectivity index (χ2n) is 4.18. The highest BCUT2D eigenvalue weighted by atomic mass is 32.1. The van der Waals surface area contributed by atoms with E-state index in [9.17, 15) is 4.79 Å². The van der Waals surface area contributed by atoms with Crippen LogP contribution in [-0.4, -0.2) is 10.9 Å². The van der Waals surface area contributed by atoms with Gasteiger partial charge in [0.25, 0.3) is 0 Å². The third-order valence-electron chi connectivity index (χ3n) is 2.67. The number of thiazole rings is 1. The highest BCUT2D eigenvalue weighted by Crippen LogP contribution is 2.13. The molecular formula is C13H16N4OS. The van der Waals surface area contributed by atoms with Gasteiger partial charge in [-0.05, 0) is 5.56 Å². The predicted octanol–water partition coefficient (Wildman–Crippen LogP) is 1.43. The standard InChI is InChI=1S/C13H16N4OS/c14-11(9-4-2-1-3-5-9)6-12(18)16-7-10-8-19-13(15)17-10/h1-5,8,11H,6-7,14H2,(H2,15,17)(H,16,18)/t11-/m0/s1. The lowest BCUT2D eigenvalue weighted by molar-refractivity contribution is -0.121. The molecule has 0 aliphatic rings. The zero-order valence-corrected chi connectivity index (χ0v) is 11.2. The summed E-state index contributed by atoms with van der Waals surface area (Å²) in [6.07, 6.45) is 0.254. The summed E-state index contributed by atoms with van der Waals surface area (Å²) in [5.41, 5.74) is 13.2. The fourth-order valence-electron chi connectivity index (χ4n) is 1.68. The van der Waals surface area contributed by atoms with E-state index in [0.29, 0.717) is 11.7 Å². The van der Waals surface area contributed by atoms with Gasteiger partial charge in [-0.2, -0.15) is 0 Å². The molecule has 0 aliphatic carbocycles. The number of nitrogens with one attached hydrogen (secondary N) is 1. The number of anilines is 1. The molecule has 1 amide bonds. The summed E-state index contributed by atoms with van der Waals surface area (Å²) in [4.78, 5) is 15.8. The second-order valence-corrected chi connectivity index (χ2v) is 5.06. The molecule has 5 N–H and O–H groups in total. The summed E-state index contributed by atoms with van der Waals surface area (Å²) < 4.78 is 0. The van der Waals surface area contributed by atoms with E-state index in [2.05, 4.69) is 10.3 Å². The first-order valence-electron chi connectivity index (χ1n) is 5.92. The van der Waals surface area contributed by atoms with Gasteiger partial charge < -0.3 is 16.8 Å².